The van der Waals surface area contributed by atoms with Crippen molar-refractivity contribution in [2.24, 2.45) is 0 Å². The molecule has 2 amide bonds. The summed E-state index contributed by atoms with van der Waals surface area (Å²) in [6.45, 7) is 10.8. The summed E-state index contributed by atoms with van der Waals surface area (Å²) in [5.41, 5.74) is -0.266. The fourth-order valence-corrected chi connectivity index (χ4v) is 4.86. The Morgan fingerprint density at radius 1 is 1.15 bits per heavy atom. The number of carbonyl (C=O) groups is 2. The van der Waals surface area contributed by atoms with Gasteiger partial charge in [0.05, 0.1) is 17.6 Å². The van der Waals surface area contributed by atoms with Crippen LogP contribution in [0.1, 0.15) is 64.2 Å². The number of carbonyl (C=O) groups excluding carboxylic acids is 2. The Morgan fingerprint density at radius 3 is 2.51 bits per heavy atom. The first-order valence-electron chi connectivity index (χ1n) is 13.8. The van der Waals surface area contributed by atoms with Crippen LogP contribution in [-0.4, -0.2) is 77.8 Å². The Labute approximate surface area is 240 Å². The van der Waals surface area contributed by atoms with E-state index < -0.39 is 22.4 Å². The Hall–Kier alpha value is -3.73. The zero-order chi connectivity index (χ0) is 30.3. The molecule has 2 aromatic carbocycles. The number of halogens is 1. The van der Waals surface area contributed by atoms with Crippen LogP contribution in [0.5, 0.6) is 5.75 Å². The lowest BCUT2D eigenvalue weighted by Crippen LogP contribution is -2.54. The monoisotopic (exact) mass is 573 g/mol. The van der Waals surface area contributed by atoms with E-state index in [9.17, 15) is 24.1 Å². The SMILES string of the molecule is COCCCOc1cc(C(=O)N(C(C)C)[C@@H]2CCCN(C(=O)OC(C)(C)C)C2)ccc1-c1cc([N+](=O)[O-])ccc1F. The zero-order valence-corrected chi connectivity index (χ0v) is 24.6. The molecule has 224 valence electrons. The summed E-state index contributed by atoms with van der Waals surface area (Å²) in [4.78, 5) is 40.8. The predicted octanol–water partition coefficient (Wildman–Crippen LogP) is 6.07. The summed E-state index contributed by atoms with van der Waals surface area (Å²) in [5.74, 6) is -0.678. The summed E-state index contributed by atoms with van der Waals surface area (Å²) in [6.07, 6.45) is 1.58. The van der Waals surface area contributed by atoms with Gasteiger partial charge in [-0.25, -0.2) is 9.18 Å². The van der Waals surface area contributed by atoms with Crippen LogP contribution in [-0.2, 0) is 9.47 Å². The van der Waals surface area contributed by atoms with Gasteiger partial charge in [-0.3, -0.25) is 14.9 Å². The number of benzene rings is 2. The summed E-state index contributed by atoms with van der Waals surface area (Å²) < 4.78 is 31.5. The maximum atomic E-state index is 14.9. The molecule has 1 fully saturated rings. The number of non-ortho nitro benzene ring substituents is 1. The number of piperidine rings is 1. The van der Waals surface area contributed by atoms with E-state index in [4.69, 9.17) is 14.2 Å². The van der Waals surface area contributed by atoms with Crippen molar-refractivity contribution in [1.82, 2.24) is 9.80 Å². The van der Waals surface area contributed by atoms with E-state index in [1.165, 1.54) is 0 Å². The molecule has 0 bridgehead atoms. The van der Waals surface area contributed by atoms with Crippen molar-refractivity contribution in [3.8, 4) is 16.9 Å². The Balaban J connectivity index is 1.95. The number of nitrogens with zero attached hydrogens (tertiary/aromatic N) is 3. The van der Waals surface area contributed by atoms with Crippen LogP contribution >= 0.6 is 0 Å². The molecule has 10 nitrogen and oxygen atoms in total. The van der Waals surface area contributed by atoms with Gasteiger partial charge >= 0.3 is 6.09 Å². The van der Waals surface area contributed by atoms with E-state index in [2.05, 4.69) is 0 Å². The normalized spacial score (nSPS) is 15.5. The minimum absolute atomic E-state index is 0.000870. The largest absolute Gasteiger partial charge is 0.493 e. The Bertz CT molecular complexity index is 1250. The molecule has 0 saturated carbocycles. The molecule has 1 atom stereocenters. The van der Waals surface area contributed by atoms with E-state index in [0.717, 1.165) is 31.0 Å². The van der Waals surface area contributed by atoms with Gasteiger partial charge in [-0.2, -0.15) is 0 Å². The van der Waals surface area contributed by atoms with E-state index in [1.54, 1.807) is 35.1 Å². The smallest absolute Gasteiger partial charge is 0.410 e. The van der Waals surface area contributed by atoms with Crippen LogP contribution in [0.3, 0.4) is 0 Å². The number of rotatable bonds is 10. The minimum atomic E-state index is -0.648. The molecule has 1 aliphatic heterocycles. The van der Waals surface area contributed by atoms with E-state index in [0.29, 0.717) is 37.2 Å². The van der Waals surface area contributed by atoms with Crippen molar-refractivity contribution >= 4 is 17.7 Å². The van der Waals surface area contributed by atoms with Gasteiger partial charge in [0, 0.05) is 68.1 Å². The highest BCUT2D eigenvalue weighted by Gasteiger charge is 2.34. The maximum absolute atomic E-state index is 14.9. The third-order valence-electron chi connectivity index (χ3n) is 6.66. The molecule has 0 N–H and O–H groups in total. The van der Waals surface area contributed by atoms with Crippen molar-refractivity contribution < 1.29 is 33.1 Å². The van der Waals surface area contributed by atoms with Crippen LogP contribution in [0.2, 0.25) is 0 Å². The molecule has 1 aliphatic rings. The molecule has 0 unspecified atom stereocenters. The first kappa shape index (κ1) is 31.8. The number of likely N-dealkylation sites (tertiary alicyclic amines) is 1. The van der Waals surface area contributed by atoms with Gasteiger partial charge in [-0.1, -0.05) is 0 Å². The van der Waals surface area contributed by atoms with Crippen molar-refractivity contribution in [1.29, 1.82) is 0 Å². The van der Waals surface area contributed by atoms with E-state index >= 15 is 0 Å². The Kier molecular flexibility index (Phi) is 10.7. The lowest BCUT2D eigenvalue weighted by atomic mass is 9.98. The summed E-state index contributed by atoms with van der Waals surface area (Å²) in [5, 5.41) is 11.3. The first-order valence-corrected chi connectivity index (χ1v) is 13.8. The highest BCUT2D eigenvalue weighted by atomic mass is 19.1. The van der Waals surface area contributed by atoms with Crippen LogP contribution < -0.4 is 4.74 Å². The van der Waals surface area contributed by atoms with Crippen LogP contribution in [0.15, 0.2) is 36.4 Å². The minimum Gasteiger partial charge on any atom is -0.493 e. The predicted molar refractivity (Wildman–Crippen MR) is 153 cm³/mol. The average Bonchev–Trinajstić information content (AvgIpc) is 2.90. The quantitative estimate of drug-likeness (QED) is 0.193. The van der Waals surface area contributed by atoms with E-state index in [-0.39, 0.29) is 41.6 Å². The van der Waals surface area contributed by atoms with Crippen molar-refractivity contribution in [2.75, 3.05) is 33.4 Å². The molecule has 3 rings (SSSR count). The lowest BCUT2D eigenvalue weighted by Gasteiger charge is -2.41. The van der Waals surface area contributed by atoms with Gasteiger partial charge in [-0.05, 0) is 71.7 Å². The fourth-order valence-electron chi connectivity index (χ4n) is 4.86. The second-order valence-electron chi connectivity index (χ2n) is 11.4. The van der Waals surface area contributed by atoms with Crippen LogP contribution in [0.4, 0.5) is 14.9 Å². The molecule has 0 aliphatic carbocycles. The highest BCUT2D eigenvalue weighted by Crippen LogP contribution is 2.36. The highest BCUT2D eigenvalue weighted by molar-refractivity contribution is 5.96. The third-order valence-corrected chi connectivity index (χ3v) is 6.66. The molecule has 11 heteroatoms. The van der Waals surface area contributed by atoms with Gasteiger partial charge in [0.2, 0.25) is 0 Å². The second kappa shape index (κ2) is 13.8. The molecular weight excluding hydrogens is 533 g/mol. The van der Waals surface area contributed by atoms with Gasteiger partial charge in [-0.15, -0.1) is 0 Å². The van der Waals surface area contributed by atoms with Gasteiger partial charge in [0.25, 0.3) is 11.6 Å². The van der Waals surface area contributed by atoms with E-state index in [1.807, 2.05) is 34.6 Å². The third kappa shape index (κ3) is 8.39. The molecule has 2 aromatic rings. The maximum Gasteiger partial charge on any atom is 0.410 e. The number of ether oxygens (including phenoxy) is 3. The van der Waals surface area contributed by atoms with Crippen molar-refractivity contribution in [3.63, 3.8) is 0 Å². The number of nitro groups is 1. The first-order chi connectivity index (χ1) is 19.3. The molecule has 41 heavy (non-hydrogen) atoms. The standard InChI is InChI=1S/C30H40FN3O7/c1-20(2)33(23-9-7-14-32(19-23)29(36)41-30(3,4)5)28(35)21-10-12-24(27(17-21)40-16-8-15-39-6)25-18-22(34(37)38)11-13-26(25)31/h10-13,17-18,20,23H,7-9,14-16,19H2,1-6H3/t23-/m1/s1. The summed E-state index contributed by atoms with van der Waals surface area (Å²) >= 11 is 0. The zero-order valence-electron chi connectivity index (χ0n) is 24.6. The molecule has 1 heterocycles. The lowest BCUT2D eigenvalue weighted by molar-refractivity contribution is -0.384. The number of hydrogen-bond donors (Lipinski definition) is 0. The number of hydrogen-bond acceptors (Lipinski definition) is 7. The Morgan fingerprint density at radius 2 is 1.88 bits per heavy atom. The molecule has 0 radical (unpaired) electrons. The second-order valence-corrected chi connectivity index (χ2v) is 11.4. The fraction of sp³-hybridized carbons (Fsp3) is 0.533. The average molecular weight is 574 g/mol. The van der Waals surface area contributed by atoms with Gasteiger partial charge < -0.3 is 24.0 Å². The summed E-state index contributed by atoms with van der Waals surface area (Å²) in [7, 11) is 1.57. The van der Waals surface area contributed by atoms with Crippen LogP contribution in [0.25, 0.3) is 11.1 Å². The molecule has 0 aromatic heterocycles. The van der Waals surface area contributed by atoms with Gasteiger partial charge in [0.1, 0.15) is 17.2 Å². The van der Waals surface area contributed by atoms with Gasteiger partial charge in [0.15, 0.2) is 0 Å². The molecular formula is C30H40FN3O7. The van der Waals surface area contributed by atoms with Crippen molar-refractivity contribution in [3.05, 3.63) is 57.9 Å². The molecule has 1 saturated heterocycles. The molecule has 0 spiro atoms. The topological polar surface area (TPSA) is 111 Å². The number of methoxy groups -OCH3 is 1. The van der Waals surface area contributed by atoms with Crippen LogP contribution in [0, 0.1) is 15.9 Å². The number of nitro benzene ring substituents is 1. The number of amides is 2. The summed E-state index contributed by atoms with van der Waals surface area (Å²) in [6, 6.07) is 7.56. The van der Waals surface area contributed by atoms with Crippen molar-refractivity contribution in [2.45, 2.75) is 71.6 Å².